The van der Waals surface area contributed by atoms with Crippen LogP contribution < -0.4 is 20.1 Å². The maximum atomic E-state index is 5.94. The molecule has 0 amide bonds. The van der Waals surface area contributed by atoms with Crippen LogP contribution in [-0.4, -0.2) is 25.3 Å². The van der Waals surface area contributed by atoms with Gasteiger partial charge < -0.3 is 24.6 Å². The summed E-state index contributed by atoms with van der Waals surface area (Å²) in [5.41, 5.74) is 4.27. The number of nitrogens with one attached hydrogen (secondary N) is 2. The van der Waals surface area contributed by atoms with Crippen molar-refractivity contribution >= 4 is 5.96 Å². The summed E-state index contributed by atoms with van der Waals surface area (Å²) in [6.45, 7) is 5.85. The Morgan fingerprint density at radius 3 is 2.44 bits per heavy atom. The van der Waals surface area contributed by atoms with Crippen LogP contribution in [0.15, 0.2) is 58.0 Å². The molecule has 0 aliphatic rings. The average Bonchev–Trinajstić information content (AvgIpc) is 3.25. The quantitative estimate of drug-likeness (QED) is 0.365. The normalized spacial score (nSPS) is 11.3. The fourth-order valence-corrected chi connectivity index (χ4v) is 3.39. The minimum Gasteiger partial charge on any atom is -0.493 e. The Kier molecular flexibility index (Phi) is 8.54. The lowest BCUT2D eigenvalue weighted by Gasteiger charge is -2.15. The van der Waals surface area contributed by atoms with E-state index in [-0.39, 0.29) is 0 Å². The molecule has 3 aromatic rings. The number of rotatable bonds is 10. The van der Waals surface area contributed by atoms with Gasteiger partial charge in [0.15, 0.2) is 17.5 Å². The first-order valence-corrected chi connectivity index (χ1v) is 10.9. The van der Waals surface area contributed by atoms with Gasteiger partial charge in [-0.1, -0.05) is 55.4 Å². The number of hydrogen-bond donors (Lipinski definition) is 2. The van der Waals surface area contributed by atoms with Crippen LogP contribution in [-0.2, 0) is 32.5 Å². The van der Waals surface area contributed by atoms with E-state index in [0.29, 0.717) is 37.2 Å². The molecule has 3 rings (SSSR count). The second kappa shape index (κ2) is 11.8. The summed E-state index contributed by atoms with van der Waals surface area (Å²) in [6.07, 6.45) is 1.65. The number of ether oxygens (including phenoxy) is 2. The van der Waals surface area contributed by atoms with Crippen molar-refractivity contribution in [2.75, 3.05) is 14.2 Å². The number of benzene rings is 2. The van der Waals surface area contributed by atoms with Crippen LogP contribution in [0.25, 0.3) is 0 Å². The molecule has 0 aliphatic carbocycles. The SMILES string of the molecule is CCc1noc(CC)c1CNC(=NC)NCc1ccc(OCc2ccccc2)c(OC)c1. The van der Waals surface area contributed by atoms with E-state index in [2.05, 4.69) is 34.6 Å². The van der Waals surface area contributed by atoms with Gasteiger partial charge in [0, 0.05) is 32.1 Å². The number of guanidine groups is 1. The van der Waals surface area contributed by atoms with Gasteiger partial charge in [-0.2, -0.15) is 0 Å². The van der Waals surface area contributed by atoms with Crippen LogP contribution in [0.2, 0.25) is 0 Å². The first-order valence-electron chi connectivity index (χ1n) is 10.9. The largest absolute Gasteiger partial charge is 0.493 e. The number of aliphatic imine (C=N–C) groups is 1. The average molecular weight is 437 g/mol. The summed E-state index contributed by atoms with van der Waals surface area (Å²) < 4.78 is 16.9. The molecule has 2 aromatic carbocycles. The van der Waals surface area contributed by atoms with Gasteiger partial charge >= 0.3 is 0 Å². The second-order valence-corrected chi connectivity index (χ2v) is 7.28. The van der Waals surface area contributed by atoms with Gasteiger partial charge in [-0.3, -0.25) is 4.99 Å². The van der Waals surface area contributed by atoms with Gasteiger partial charge in [0.2, 0.25) is 0 Å². The summed E-state index contributed by atoms with van der Waals surface area (Å²) in [5.74, 6) is 3.04. The highest BCUT2D eigenvalue weighted by Crippen LogP contribution is 2.28. The summed E-state index contributed by atoms with van der Waals surface area (Å²) >= 11 is 0. The maximum absolute atomic E-state index is 5.94. The molecule has 7 nitrogen and oxygen atoms in total. The molecule has 0 spiro atoms. The standard InChI is InChI=1S/C25H32N4O3/c1-5-21-20(22(6-2)32-29-21)16-28-25(26-3)27-15-19-12-13-23(24(14-19)30-4)31-17-18-10-8-7-9-11-18/h7-14H,5-6,15-17H2,1-4H3,(H2,26,27,28). The van der Waals surface area contributed by atoms with Gasteiger partial charge in [0.25, 0.3) is 0 Å². The van der Waals surface area contributed by atoms with Crippen molar-refractivity contribution in [2.45, 2.75) is 46.4 Å². The lowest BCUT2D eigenvalue weighted by atomic mass is 10.1. The fourth-order valence-electron chi connectivity index (χ4n) is 3.39. The number of aryl methyl sites for hydroxylation is 2. The van der Waals surface area contributed by atoms with E-state index in [0.717, 1.165) is 41.0 Å². The van der Waals surface area contributed by atoms with Gasteiger partial charge in [0.1, 0.15) is 12.4 Å². The number of nitrogens with zero attached hydrogens (tertiary/aromatic N) is 2. The first kappa shape index (κ1) is 23.2. The molecular formula is C25H32N4O3. The minimum absolute atomic E-state index is 0.494. The van der Waals surface area contributed by atoms with Gasteiger partial charge in [-0.05, 0) is 29.7 Å². The first-order chi connectivity index (χ1) is 15.7. The van der Waals surface area contributed by atoms with Crippen molar-refractivity contribution in [1.29, 1.82) is 0 Å². The molecule has 0 unspecified atom stereocenters. The molecule has 0 atom stereocenters. The zero-order valence-corrected chi connectivity index (χ0v) is 19.3. The topological polar surface area (TPSA) is 80.9 Å². The molecule has 170 valence electrons. The van der Waals surface area contributed by atoms with Crippen molar-refractivity contribution < 1.29 is 14.0 Å². The molecule has 0 radical (unpaired) electrons. The number of aromatic nitrogens is 1. The highest BCUT2D eigenvalue weighted by Gasteiger charge is 2.14. The van der Waals surface area contributed by atoms with Crippen molar-refractivity contribution in [3.8, 4) is 11.5 Å². The third kappa shape index (κ3) is 6.03. The molecule has 2 N–H and O–H groups in total. The Morgan fingerprint density at radius 1 is 0.969 bits per heavy atom. The number of methoxy groups -OCH3 is 1. The van der Waals surface area contributed by atoms with Crippen LogP contribution in [0, 0.1) is 0 Å². The van der Waals surface area contributed by atoms with Crippen LogP contribution in [0.5, 0.6) is 11.5 Å². The third-order valence-electron chi connectivity index (χ3n) is 5.19. The van der Waals surface area contributed by atoms with Crippen LogP contribution in [0.3, 0.4) is 0 Å². The molecule has 7 heteroatoms. The third-order valence-corrected chi connectivity index (χ3v) is 5.19. The smallest absolute Gasteiger partial charge is 0.191 e. The highest BCUT2D eigenvalue weighted by molar-refractivity contribution is 5.79. The fraction of sp³-hybridized carbons (Fsp3) is 0.360. The monoisotopic (exact) mass is 436 g/mol. The Labute approximate surface area is 189 Å². The van der Waals surface area contributed by atoms with Crippen LogP contribution >= 0.6 is 0 Å². The summed E-state index contributed by atoms with van der Waals surface area (Å²) in [4.78, 5) is 4.32. The van der Waals surface area contributed by atoms with Crippen molar-refractivity contribution in [3.05, 3.63) is 76.7 Å². The molecule has 0 bridgehead atoms. The highest BCUT2D eigenvalue weighted by atomic mass is 16.5. The zero-order chi connectivity index (χ0) is 22.8. The second-order valence-electron chi connectivity index (χ2n) is 7.28. The molecular weight excluding hydrogens is 404 g/mol. The number of hydrogen-bond acceptors (Lipinski definition) is 5. The summed E-state index contributed by atoms with van der Waals surface area (Å²) in [5, 5.41) is 10.9. The van der Waals surface area contributed by atoms with Crippen LogP contribution in [0.1, 0.15) is 42.0 Å². The maximum Gasteiger partial charge on any atom is 0.191 e. The summed E-state index contributed by atoms with van der Waals surface area (Å²) in [6, 6.07) is 16.0. The van der Waals surface area contributed by atoms with E-state index in [1.807, 2.05) is 48.5 Å². The van der Waals surface area contributed by atoms with E-state index in [1.165, 1.54) is 0 Å². The predicted octanol–water partition coefficient (Wildman–Crippen LogP) is 4.25. The Morgan fingerprint density at radius 2 is 1.75 bits per heavy atom. The van der Waals surface area contributed by atoms with E-state index in [1.54, 1.807) is 14.2 Å². The van der Waals surface area contributed by atoms with Crippen LogP contribution in [0.4, 0.5) is 0 Å². The van der Waals surface area contributed by atoms with E-state index in [9.17, 15) is 0 Å². The van der Waals surface area contributed by atoms with E-state index < -0.39 is 0 Å². The molecule has 1 aromatic heterocycles. The Bertz CT molecular complexity index is 994. The summed E-state index contributed by atoms with van der Waals surface area (Å²) in [7, 11) is 3.41. The lowest BCUT2D eigenvalue weighted by Crippen LogP contribution is -2.36. The van der Waals surface area contributed by atoms with E-state index >= 15 is 0 Å². The zero-order valence-electron chi connectivity index (χ0n) is 19.3. The molecule has 0 fully saturated rings. The van der Waals surface area contributed by atoms with Crippen molar-refractivity contribution in [2.24, 2.45) is 4.99 Å². The molecule has 0 saturated carbocycles. The lowest BCUT2D eigenvalue weighted by molar-refractivity contribution is 0.284. The Balaban J connectivity index is 1.57. The van der Waals surface area contributed by atoms with E-state index in [4.69, 9.17) is 14.0 Å². The van der Waals surface area contributed by atoms with Gasteiger partial charge in [0.05, 0.1) is 12.8 Å². The van der Waals surface area contributed by atoms with Gasteiger partial charge in [-0.25, -0.2) is 0 Å². The van der Waals surface area contributed by atoms with Gasteiger partial charge in [-0.15, -0.1) is 0 Å². The molecule has 32 heavy (non-hydrogen) atoms. The van der Waals surface area contributed by atoms with Crippen molar-refractivity contribution in [1.82, 2.24) is 15.8 Å². The Hall–Kier alpha value is -3.48. The molecule has 0 aliphatic heterocycles. The minimum atomic E-state index is 0.494. The molecule has 1 heterocycles. The predicted molar refractivity (Wildman–Crippen MR) is 126 cm³/mol. The molecule has 0 saturated heterocycles. The van der Waals surface area contributed by atoms with Crippen molar-refractivity contribution in [3.63, 3.8) is 0 Å².